The van der Waals surface area contributed by atoms with Crippen molar-refractivity contribution >= 4 is 11.9 Å². The Morgan fingerprint density at radius 1 is 0.900 bits per heavy atom. The Morgan fingerprint density at radius 3 is 1.00 bits per heavy atom. The van der Waals surface area contributed by atoms with Crippen LogP contribution in [0, 0.1) is 0 Å². The molecule has 10 heavy (non-hydrogen) atoms. The van der Waals surface area contributed by atoms with Gasteiger partial charge in [0.2, 0.25) is 0 Å². The molecule has 0 bridgehead atoms. The third-order valence-corrected chi connectivity index (χ3v) is 0.183. The average molecular weight is 266 g/mol. The first-order chi connectivity index (χ1) is 2.64. The zero-order chi connectivity index (χ0) is 5.15. The summed E-state index contributed by atoms with van der Waals surface area (Å²) in [5.74, 6) is -3.65. The Morgan fingerprint density at radius 2 is 1.00 bits per heavy atom. The van der Waals surface area contributed by atoms with Crippen molar-refractivity contribution in [2.24, 2.45) is 0 Å². The minimum Gasteiger partial charge on any atom is -1.00 e. The first-order valence-corrected chi connectivity index (χ1v) is 1.11. The quantitative estimate of drug-likeness (QED) is 0.338. The van der Waals surface area contributed by atoms with Gasteiger partial charge >= 0.3 is 115 Å². The van der Waals surface area contributed by atoms with Crippen molar-refractivity contribution in [1.29, 1.82) is 0 Å². The maximum atomic E-state index is 9.10. The minimum absolute atomic E-state index is 0. The van der Waals surface area contributed by atoms with Gasteiger partial charge in [0.25, 0.3) is 0 Å². The van der Waals surface area contributed by atoms with Crippen LogP contribution in [0.4, 0.5) is 0 Å². The normalized spacial score (nSPS) is 4.40. The molecule has 0 aromatic heterocycles. The summed E-state index contributed by atoms with van der Waals surface area (Å²) in [4.78, 5) is 18.2. The molecule has 4 nitrogen and oxygen atoms in total. The summed E-state index contributed by atoms with van der Waals surface area (Å²) in [5, 5.41) is 14.8. The summed E-state index contributed by atoms with van der Waals surface area (Å²) in [6.45, 7) is 0. The van der Waals surface area contributed by atoms with Crippen LogP contribution in [0.1, 0.15) is 2.85 Å². The summed E-state index contributed by atoms with van der Waals surface area (Å²) in [6, 6.07) is 0. The molecule has 0 aliphatic carbocycles. The van der Waals surface area contributed by atoms with Crippen LogP contribution in [-0.4, -0.2) is 22.2 Å². The van der Waals surface area contributed by atoms with Gasteiger partial charge in [-0.15, -0.1) is 0 Å². The second-order valence-electron chi connectivity index (χ2n) is 0.610. The smallest absolute Gasteiger partial charge is 1.00 e. The number of hydrogen-bond acceptors (Lipinski definition) is 2. The van der Waals surface area contributed by atoms with Gasteiger partial charge in [0.1, 0.15) is 0 Å². The van der Waals surface area contributed by atoms with Crippen LogP contribution < -0.4 is 103 Å². The molecule has 0 fully saturated rings. The molecule has 0 aromatic carbocycles. The zero-order valence-electron chi connectivity index (χ0n) is 7.71. The molecule has 46 valence electrons. The molecule has 0 unspecified atom stereocenters. The molecule has 0 aromatic rings. The predicted molar refractivity (Wildman–Crippen MR) is 17.5 cm³/mol. The molecule has 0 amide bonds. The Hall–Kier alpha value is 3.64. The second kappa shape index (κ2) is 18.4. The zero-order valence-corrected chi connectivity index (χ0v) is 15.1. The number of hydrogen-bond donors (Lipinski definition) is 2. The van der Waals surface area contributed by atoms with E-state index >= 15 is 0 Å². The van der Waals surface area contributed by atoms with E-state index in [1.807, 2.05) is 0 Å². The van der Waals surface area contributed by atoms with Crippen LogP contribution >= 0.6 is 0 Å². The largest absolute Gasteiger partial charge is 1.00 e. The van der Waals surface area contributed by atoms with E-state index in [0.29, 0.717) is 0 Å². The average Bonchev–Trinajstić information content (AvgIpc) is 1.36. The fraction of sp³-hybridized carbons (Fsp3) is 0. The molecule has 0 aliphatic heterocycles. The van der Waals surface area contributed by atoms with E-state index in [1.165, 1.54) is 0 Å². The van der Waals surface area contributed by atoms with Gasteiger partial charge < -0.3 is 13.1 Å². The SMILES string of the molecule is O=C(O)C(=O)O.[H-].[H-].[K+].[K+].[Ti].[Ti]. The summed E-state index contributed by atoms with van der Waals surface area (Å²) in [6.07, 6.45) is 0. The maximum Gasteiger partial charge on any atom is 1.00 e. The van der Waals surface area contributed by atoms with Crippen LogP contribution in [0.5, 0.6) is 0 Å². The van der Waals surface area contributed by atoms with E-state index in [0.717, 1.165) is 0 Å². The molecular weight excluding hydrogens is 262 g/mol. The van der Waals surface area contributed by atoms with Crippen molar-refractivity contribution in [1.82, 2.24) is 0 Å². The Kier molecular flexibility index (Phi) is 53.8. The van der Waals surface area contributed by atoms with Gasteiger partial charge in [-0.1, -0.05) is 0 Å². The Bertz CT molecular complexity index is 93.1. The Labute approximate surface area is 176 Å². The van der Waals surface area contributed by atoms with Gasteiger partial charge in [-0.25, -0.2) is 9.59 Å². The summed E-state index contributed by atoms with van der Waals surface area (Å²) in [5.41, 5.74) is 0. The molecule has 0 rings (SSSR count). The molecule has 0 radical (unpaired) electrons. The molecule has 2 N–H and O–H groups in total. The van der Waals surface area contributed by atoms with Crippen LogP contribution in [0.2, 0.25) is 0 Å². The van der Waals surface area contributed by atoms with Gasteiger partial charge in [-0.2, -0.15) is 0 Å². The van der Waals surface area contributed by atoms with Gasteiger partial charge in [-0.3, -0.25) is 0 Å². The molecule has 0 aliphatic rings. The standard InChI is InChI=1S/C2H2O4.2K.2Ti.2H/c3-1(4)2(5)6;;;;;;/h(H,3,4)(H,5,6);;;;;;/q;2*+1;;;2*-1. The first kappa shape index (κ1) is 29.2. The number of carboxylic acid groups (broad SMARTS) is 2. The van der Waals surface area contributed by atoms with Crippen LogP contribution in [0.25, 0.3) is 0 Å². The Balaban J connectivity index is -0.00000000833. The fourth-order valence-corrected chi connectivity index (χ4v) is 0. The molecule has 0 saturated carbocycles. The molecular formula is C2H4K2O4Ti2. The van der Waals surface area contributed by atoms with E-state index in [2.05, 4.69) is 0 Å². The number of carbonyl (C=O) groups is 2. The van der Waals surface area contributed by atoms with E-state index in [1.54, 1.807) is 0 Å². The molecule has 0 spiro atoms. The molecule has 0 heterocycles. The van der Waals surface area contributed by atoms with Crippen molar-refractivity contribution in [2.45, 2.75) is 0 Å². The van der Waals surface area contributed by atoms with Crippen molar-refractivity contribution in [2.75, 3.05) is 0 Å². The van der Waals surface area contributed by atoms with Crippen molar-refractivity contribution < 1.29 is 169 Å². The van der Waals surface area contributed by atoms with E-state index in [-0.39, 0.29) is 149 Å². The first-order valence-electron chi connectivity index (χ1n) is 1.11. The van der Waals surface area contributed by atoms with Crippen LogP contribution in [-0.2, 0) is 53.0 Å². The van der Waals surface area contributed by atoms with E-state index in [9.17, 15) is 0 Å². The van der Waals surface area contributed by atoms with Crippen LogP contribution in [0.3, 0.4) is 0 Å². The van der Waals surface area contributed by atoms with Gasteiger partial charge in [0.05, 0.1) is 0 Å². The third-order valence-electron chi connectivity index (χ3n) is 0.183. The summed E-state index contributed by atoms with van der Waals surface area (Å²) >= 11 is 0. The van der Waals surface area contributed by atoms with Crippen LogP contribution in [0.15, 0.2) is 0 Å². The van der Waals surface area contributed by atoms with Crippen molar-refractivity contribution in [3.8, 4) is 0 Å². The van der Waals surface area contributed by atoms with Crippen molar-refractivity contribution in [3.63, 3.8) is 0 Å². The second-order valence-corrected chi connectivity index (χ2v) is 0.610. The minimum atomic E-state index is -1.82. The third kappa shape index (κ3) is 22.6. The topological polar surface area (TPSA) is 74.6 Å². The maximum absolute atomic E-state index is 9.10. The number of rotatable bonds is 0. The van der Waals surface area contributed by atoms with Gasteiger partial charge in [0, 0.05) is 43.4 Å². The van der Waals surface area contributed by atoms with Crippen molar-refractivity contribution in [3.05, 3.63) is 0 Å². The van der Waals surface area contributed by atoms with E-state index < -0.39 is 11.9 Å². The summed E-state index contributed by atoms with van der Waals surface area (Å²) < 4.78 is 0. The number of carboxylic acids is 2. The fourth-order valence-electron chi connectivity index (χ4n) is 0. The van der Waals surface area contributed by atoms with Gasteiger partial charge in [0.15, 0.2) is 0 Å². The molecule has 8 heteroatoms. The van der Waals surface area contributed by atoms with Gasteiger partial charge in [-0.05, 0) is 0 Å². The number of aliphatic carboxylic acids is 2. The predicted octanol–water partition coefficient (Wildman–Crippen LogP) is -6.62. The monoisotopic (exact) mass is 266 g/mol. The summed E-state index contributed by atoms with van der Waals surface area (Å²) in [7, 11) is 0. The molecule has 0 saturated heterocycles. The van der Waals surface area contributed by atoms with E-state index in [4.69, 9.17) is 19.8 Å². The molecule has 0 atom stereocenters.